The topological polar surface area (TPSA) is 37.4 Å². The van der Waals surface area contributed by atoms with E-state index in [1.54, 1.807) is 11.2 Å². The van der Waals surface area contributed by atoms with E-state index in [9.17, 15) is 8.42 Å². The molecule has 2 rings (SSSR count). The fourth-order valence-corrected chi connectivity index (χ4v) is 3.83. The van der Waals surface area contributed by atoms with Gasteiger partial charge in [0.15, 0.2) is 0 Å². The first kappa shape index (κ1) is 9.46. The first-order valence-corrected chi connectivity index (χ1v) is 6.67. The fourth-order valence-electron chi connectivity index (χ4n) is 2.52. The Kier molecular flexibility index (Phi) is 2.15. The molecule has 1 aliphatic heterocycles. The Morgan fingerprint density at radius 3 is 2.23 bits per heavy atom. The van der Waals surface area contributed by atoms with Gasteiger partial charge >= 0.3 is 0 Å². The molecule has 0 aromatic heterocycles. The monoisotopic (exact) mass is 203 g/mol. The molecular formula is C9H17NO2S. The normalized spacial score (nSPS) is 27.8. The van der Waals surface area contributed by atoms with Gasteiger partial charge in [-0.05, 0) is 25.2 Å². The highest BCUT2D eigenvalue weighted by atomic mass is 32.2. The number of hydrogen-bond donors (Lipinski definition) is 0. The molecule has 2 fully saturated rings. The lowest BCUT2D eigenvalue weighted by Crippen LogP contribution is -2.57. The van der Waals surface area contributed by atoms with Gasteiger partial charge in [-0.2, -0.15) is 0 Å². The molecule has 0 atom stereocenters. The Morgan fingerprint density at radius 2 is 1.77 bits per heavy atom. The van der Waals surface area contributed by atoms with Crippen LogP contribution in [-0.2, 0) is 10.0 Å². The van der Waals surface area contributed by atoms with Crippen LogP contribution in [0.2, 0.25) is 0 Å². The Hall–Kier alpha value is -0.0900. The minimum absolute atomic E-state index is 0.253. The van der Waals surface area contributed by atoms with Crippen molar-refractivity contribution in [2.75, 3.05) is 18.8 Å². The second kappa shape index (κ2) is 2.95. The molecule has 13 heavy (non-hydrogen) atoms. The summed E-state index contributed by atoms with van der Waals surface area (Å²) in [7, 11) is -2.89. The van der Waals surface area contributed by atoms with Crippen LogP contribution in [-0.4, -0.2) is 31.6 Å². The van der Waals surface area contributed by atoms with Gasteiger partial charge in [-0.3, -0.25) is 0 Å². The lowest BCUT2D eigenvalue weighted by Gasteiger charge is -2.47. The van der Waals surface area contributed by atoms with E-state index in [1.165, 1.54) is 25.7 Å². The number of nitrogens with zero attached hydrogens (tertiary/aromatic N) is 1. The predicted molar refractivity (Wildman–Crippen MR) is 51.9 cm³/mol. The summed E-state index contributed by atoms with van der Waals surface area (Å²) < 4.78 is 24.5. The van der Waals surface area contributed by atoms with E-state index in [-0.39, 0.29) is 5.75 Å². The molecule has 0 aromatic carbocycles. The van der Waals surface area contributed by atoms with Crippen LogP contribution in [0, 0.1) is 5.41 Å². The molecule has 1 spiro atoms. The lowest BCUT2D eigenvalue weighted by molar-refractivity contribution is 0.0779. The van der Waals surface area contributed by atoms with Crippen molar-refractivity contribution in [1.29, 1.82) is 0 Å². The first-order chi connectivity index (χ1) is 6.08. The van der Waals surface area contributed by atoms with Crippen molar-refractivity contribution in [3.63, 3.8) is 0 Å². The molecular weight excluding hydrogens is 186 g/mol. The van der Waals surface area contributed by atoms with E-state index in [1.807, 2.05) is 0 Å². The third kappa shape index (κ3) is 1.50. The van der Waals surface area contributed by atoms with Gasteiger partial charge in [-0.1, -0.05) is 12.8 Å². The summed E-state index contributed by atoms with van der Waals surface area (Å²) in [6, 6.07) is 0. The predicted octanol–water partition coefficient (Wildman–Crippen LogP) is 1.21. The summed E-state index contributed by atoms with van der Waals surface area (Å²) in [5, 5.41) is 0. The molecule has 0 bridgehead atoms. The summed E-state index contributed by atoms with van der Waals surface area (Å²) in [6.45, 7) is 3.31. The van der Waals surface area contributed by atoms with Gasteiger partial charge in [0.1, 0.15) is 0 Å². The highest BCUT2D eigenvalue weighted by molar-refractivity contribution is 7.89. The fraction of sp³-hybridized carbons (Fsp3) is 1.00. The smallest absolute Gasteiger partial charge is 0.212 e. The Labute approximate surface area is 80.2 Å². The molecule has 4 heteroatoms. The van der Waals surface area contributed by atoms with Crippen LogP contribution in [0.3, 0.4) is 0 Å². The number of sulfonamides is 1. The summed E-state index contributed by atoms with van der Waals surface area (Å²) in [4.78, 5) is 0. The summed E-state index contributed by atoms with van der Waals surface area (Å²) in [6.07, 6.45) is 5.06. The molecule has 1 heterocycles. The highest BCUT2D eigenvalue weighted by Crippen LogP contribution is 2.46. The maximum atomic E-state index is 11.4. The Bertz CT molecular complexity index is 283. The Morgan fingerprint density at radius 1 is 1.23 bits per heavy atom. The first-order valence-electron chi connectivity index (χ1n) is 5.06. The standard InChI is InChI=1S/C9H17NO2S/c1-2-13(11,12)10-7-9(8-10)5-3-4-6-9/h2-8H2,1H3. The van der Waals surface area contributed by atoms with Crippen molar-refractivity contribution in [3.05, 3.63) is 0 Å². The maximum absolute atomic E-state index is 11.4. The van der Waals surface area contributed by atoms with Gasteiger partial charge in [0.2, 0.25) is 10.0 Å². The molecule has 1 saturated heterocycles. The molecule has 0 amide bonds. The zero-order chi connectivity index (χ0) is 9.53. The van der Waals surface area contributed by atoms with E-state index in [0.717, 1.165) is 13.1 Å². The van der Waals surface area contributed by atoms with Crippen molar-refractivity contribution in [1.82, 2.24) is 4.31 Å². The Balaban J connectivity index is 1.98. The number of hydrogen-bond acceptors (Lipinski definition) is 2. The van der Waals surface area contributed by atoms with Gasteiger partial charge in [0.25, 0.3) is 0 Å². The van der Waals surface area contributed by atoms with Gasteiger partial charge in [-0.25, -0.2) is 12.7 Å². The van der Waals surface area contributed by atoms with Gasteiger partial charge in [0.05, 0.1) is 5.75 Å². The zero-order valence-electron chi connectivity index (χ0n) is 8.12. The molecule has 0 aromatic rings. The largest absolute Gasteiger partial charge is 0.213 e. The van der Waals surface area contributed by atoms with E-state index < -0.39 is 10.0 Å². The van der Waals surface area contributed by atoms with Crippen LogP contribution >= 0.6 is 0 Å². The number of rotatable bonds is 2. The molecule has 0 unspecified atom stereocenters. The highest BCUT2D eigenvalue weighted by Gasteiger charge is 2.48. The molecule has 2 aliphatic rings. The second-order valence-corrected chi connectivity index (χ2v) is 6.63. The summed E-state index contributed by atoms with van der Waals surface area (Å²) in [5.41, 5.74) is 0.391. The molecule has 3 nitrogen and oxygen atoms in total. The summed E-state index contributed by atoms with van der Waals surface area (Å²) in [5.74, 6) is 0.253. The molecule has 0 N–H and O–H groups in total. The van der Waals surface area contributed by atoms with Crippen molar-refractivity contribution in [2.45, 2.75) is 32.6 Å². The van der Waals surface area contributed by atoms with Crippen LogP contribution in [0.4, 0.5) is 0 Å². The quantitative estimate of drug-likeness (QED) is 0.676. The average molecular weight is 203 g/mol. The van der Waals surface area contributed by atoms with E-state index in [2.05, 4.69) is 0 Å². The molecule has 1 saturated carbocycles. The van der Waals surface area contributed by atoms with Crippen molar-refractivity contribution < 1.29 is 8.42 Å². The van der Waals surface area contributed by atoms with Gasteiger partial charge in [-0.15, -0.1) is 0 Å². The van der Waals surface area contributed by atoms with Crippen molar-refractivity contribution in [3.8, 4) is 0 Å². The van der Waals surface area contributed by atoms with Gasteiger partial charge < -0.3 is 0 Å². The zero-order valence-corrected chi connectivity index (χ0v) is 8.94. The van der Waals surface area contributed by atoms with Crippen LogP contribution in [0.15, 0.2) is 0 Å². The second-order valence-electron chi connectivity index (χ2n) is 4.38. The van der Waals surface area contributed by atoms with Crippen molar-refractivity contribution >= 4 is 10.0 Å². The van der Waals surface area contributed by atoms with E-state index in [0.29, 0.717) is 5.41 Å². The maximum Gasteiger partial charge on any atom is 0.213 e. The van der Waals surface area contributed by atoms with E-state index >= 15 is 0 Å². The minimum atomic E-state index is -2.89. The van der Waals surface area contributed by atoms with Crippen molar-refractivity contribution in [2.24, 2.45) is 5.41 Å². The minimum Gasteiger partial charge on any atom is -0.212 e. The average Bonchev–Trinajstić information content (AvgIpc) is 2.49. The van der Waals surface area contributed by atoms with Gasteiger partial charge in [0, 0.05) is 13.1 Å². The SMILES string of the molecule is CCS(=O)(=O)N1CC2(CCCC2)C1. The van der Waals surface area contributed by atoms with Crippen LogP contribution in [0.1, 0.15) is 32.6 Å². The third-order valence-electron chi connectivity index (χ3n) is 3.45. The van der Waals surface area contributed by atoms with Crippen LogP contribution in [0.5, 0.6) is 0 Å². The molecule has 76 valence electrons. The third-order valence-corrected chi connectivity index (χ3v) is 5.22. The van der Waals surface area contributed by atoms with Crippen LogP contribution in [0.25, 0.3) is 0 Å². The lowest BCUT2D eigenvalue weighted by atomic mass is 9.80. The molecule has 1 aliphatic carbocycles. The molecule has 0 radical (unpaired) electrons. The summed E-state index contributed by atoms with van der Waals surface area (Å²) >= 11 is 0. The van der Waals surface area contributed by atoms with E-state index in [4.69, 9.17) is 0 Å². The van der Waals surface area contributed by atoms with Crippen LogP contribution < -0.4 is 0 Å².